The standard InChI is InChI=1S/C14H11BrN2O3S2/c1-9-2-3-11(10(15)8-9)17-22(18,19)14-5-4-13(21-14)12-6-7-16-20-12/h2-8,17H,1H3. The molecule has 0 aliphatic heterocycles. The van der Waals surface area contributed by atoms with Crippen LogP contribution in [0.25, 0.3) is 10.6 Å². The zero-order chi connectivity index (χ0) is 15.7. The van der Waals surface area contributed by atoms with Crippen LogP contribution in [0.1, 0.15) is 5.56 Å². The van der Waals surface area contributed by atoms with E-state index in [9.17, 15) is 8.42 Å². The topological polar surface area (TPSA) is 72.2 Å². The number of benzene rings is 1. The van der Waals surface area contributed by atoms with Gasteiger partial charge < -0.3 is 4.52 Å². The quantitative estimate of drug-likeness (QED) is 0.711. The van der Waals surface area contributed by atoms with Gasteiger partial charge in [0.2, 0.25) is 0 Å². The molecular formula is C14H11BrN2O3S2. The van der Waals surface area contributed by atoms with E-state index in [2.05, 4.69) is 25.8 Å². The average molecular weight is 399 g/mol. The molecule has 5 nitrogen and oxygen atoms in total. The Kier molecular flexibility index (Phi) is 4.07. The van der Waals surface area contributed by atoms with Crippen molar-refractivity contribution < 1.29 is 12.9 Å². The lowest BCUT2D eigenvalue weighted by atomic mass is 10.2. The van der Waals surface area contributed by atoms with Gasteiger partial charge in [-0.15, -0.1) is 11.3 Å². The number of nitrogens with zero attached hydrogens (tertiary/aromatic N) is 1. The lowest BCUT2D eigenvalue weighted by Gasteiger charge is -2.08. The van der Waals surface area contributed by atoms with Crippen LogP contribution in [-0.2, 0) is 10.0 Å². The molecule has 0 amide bonds. The summed E-state index contributed by atoms with van der Waals surface area (Å²) in [4.78, 5) is 0.709. The molecule has 2 aromatic heterocycles. The van der Waals surface area contributed by atoms with E-state index in [1.165, 1.54) is 6.20 Å². The van der Waals surface area contributed by atoms with Crippen LogP contribution in [0.5, 0.6) is 0 Å². The third-order valence-corrected chi connectivity index (χ3v) is 6.51. The van der Waals surface area contributed by atoms with E-state index in [0.29, 0.717) is 20.8 Å². The van der Waals surface area contributed by atoms with Gasteiger partial charge in [-0.2, -0.15) is 0 Å². The Morgan fingerprint density at radius 3 is 2.73 bits per heavy atom. The van der Waals surface area contributed by atoms with Gasteiger partial charge in [-0.3, -0.25) is 4.72 Å². The summed E-state index contributed by atoms with van der Waals surface area (Å²) in [6.07, 6.45) is 1.52. The maximum absolute atomic E-state index is 12.5. The first kappa shape index (κ1) is 15.3. The van der Waals surface area contributed by atoms with E-state index in [0.717, 1.165) is 16.9 Å². The number of aromatic nitrogens is 1. The van der Waals surface area contributed by atoms with E-state index in [1.54, 1.807) is 24.3 Å². The Morgan fingerprint density at radius 2 is 2.05 bits per heavy atom. The minimum atomic E-state index is -3.64. The zero-order valence-electron chi connectivity index (χ0n) is 11.4. The number of aryl methyl sites for hydroxylation is 1. The molecule has 0 saturated heterocycles. The molecule has 1 aromatic carbocycles. The van der Waals surface area contributed by atoms with Gasteiger partial charge in [-0.25, -0.2) is 8.42 Å². The van der Waals surface area contributed by atoms with Crippen molar-refractivity contribution in [1.29, 1.82) is 0 Å². The number of halogens is 1. The van der Waals surface area contributed by atoms with Crippen LogP contribution < -0.4 is 4.72 Å². The van der Waals surface area contributed by atoms with Crippen LogP contribution in [0.2, 0.25) is 0 Å². The van der Waals surface area contributed by atoms with Crippen molar-refractivity contribution in [3.63, 3.8) is 0 Å². The van der Waals surface area contributed by atoms with Crippen LogP contribution >= 0.6 is 27.3 Å². The Hall–Kier alpha value is -1.64. The first-order valence-corrected chi connectivity index (χ1v) is 9.35. The second kappa shape index (κ2) is 5.86. The second-order valence-corrected chi connectivity index (χ2v) is 8.43. The summed E-state index contributed by atoms with van der Waals surface area (Å²) in [5, 5.41) is 3.62. The molecular weight excluding hydrogens is 388 g/mol. The molecule has 0 aliphatic carbocycles. The minimum absolute atomic E-state index is 0.214. The minimum Gasteiger partial charge on any atom is -0.355 e. The molecule has 0 spiro atoms. The number of hydrogen-bond donors (Lipinski definition) is 1. The van der Waals surface area contributed by atoms with Crippen molar-refractivity contribution >= 4 is 43.0 Å². The van der Waals surface area contributed by atoms with Gasteiger partial charge in [0.25, 0.3) is 10.0 Å². The molecule has 0 unspecified atom stereocenters. The Balaban J connectivity index is 1.90. The van der Waals surface area contributed by atoms with Gasteiger partial charge in [0.1, 0.15) is 4.21 Å². The molecule has 0 bridgehead atoms. The highest BCUT2D eigenvalue weighted by Gasteiger charge is 2.19. The molecule has 0 aliphatic rings. The van der Waals surface area contributed by atoms with Crippen LogP contribution in [0.15, 0.2) is 55.8 Å². The molecule has 0 fully saturated rings. The van der Waals surface area contributed by atoms with Crippen LogP contribution in [0.4, 0.5) is 5.69 Å². The largest absolute Gasteiger partial charge is 0.355 e. The summed E-state index contributed by atoms with van der Waals surface area (Å²) >= 11 is 4.49. The zero-order valence-corrected chi connectivity index (χ0v) is 14.6. The normalized spacial score (nSPS) is 11.5. The van der Waals surface area contributed by atoms with Crippen molar-refractivity contribution in [2.24, 2.45) is 0 Å². The van der Waals surface area contributed by atoms with E-state index >= 15 is 0 Å². The number of hydrogen-bond acceptors (Lipinski definition) is 5. The van der Waals surface area contributed by atoms with Crippen LogP contribution in [-0.4, -0.2) is 13.6 Å². The summed E-state index contributed by atoms with van der Waals surface area (Å²) in [6.45, 7) is 1.94. The summed E-state index contributed by atoms with van der Waals surface area (Å²) < 4.78 is 33.4. The maximum Gasteiger partial charge on any atom is 0.271 e. The molecule has 0 radical (unpaired) electrons. The van der Waals surface area contributed by atoms with Gasteiger partial charge in [-0.05, 0) is 52.7 Å². The first-order chi connectivity index (χ1) is 10.5. The van der Waals surface area contributed by atoms with Crippen molar-refractivity contribution in [3.05, 3.63) is 52.6 Å². The number of nitrogens with one attached hydrogen (secondary N) is 1. The number of anilines is 1. The van der Waals surface area contributed by atoms with Gasteiger partial charge in [-0.1, -0.05) is 11.2 Å². The van der Waals surface area contributed by atoms with E-state index in [1.807, 2.05) is 19.1 Å². The highest BCUT2D eigenvalue weighted by molar-refractivity contribution is 9.10. The summed E-state index contributed by atoms with van der Waals surface area (Å²) in [7, 11) is -3.64. The summed E-state index contributed by atoms with van der Waals surface area (Å²) in [5.41, 5.74) is 1.54. The van der Waals surface area contributed by atoms with E-state index in [-0.39, 0.29) is 4.21 Å². The van der Waals surface area contributed by atoms with E-state index in [4.69, 9.17) is 4.52 Å². The average Bonchev–Trinajstić information content (AvgIpc) is 3.11. The van der Waals surface area contributed by atoms with Gasteiger partial charge in [0.15, 0.2) is 5.76 Å². The number of rotatable bonds is 4. The third kappa shape index (κ3) is 3.08. The predicted molar refractivity (Wildman–Crippen MR) is 89.5 cm³/mol. The fourth-order valence-corrected chi connectivity index (χ4v) is 4.90. The molecule has 0 atom stereocenters. The molecule has 2 heterocycles. The Bertz CT molecular complexity index is 902. The molecule has 22 heavy (non-hydrogen) atoms. The summed E-state index contributed by atoms with van der Waals surface area (Å²) in [5.74, 6) is 0.544. The fraction of sp³-hybridized carbons (Fsp3) is 0.0714. The molecule has 0 saturated carbocycles. The molecule has 3 aromatic rings. The predicted octanol–water partition coefficient (Wildman–Crippen LogP) is 4.27. The highest BCUT2D eigenvalue weighted by Crippen LogP contribution is 2.32. The maximum atomic E-state index is 12.5. The molecule has 114 valence electrons. The van der Waals surface area contributed by atoms with Crippen molar-refractivity contribution in [2.75, 3.05) is 4.72 Å². The van der Waals surface area contributed by atoms with Gasteiger partial charge in [0.05, 0.1) is 16.8 Å². The number of thiophene rings is 1. The molecule has 8 heteroatoms. The number of sulfonamides is 1. The SMILES string of the molecule is Cc1ccc(NS(=O)(=O)c2ccc(-c3ccno3)s2)c(Br)c1. The fourth-order valence-electron chi connectivity index (χ4n) is 1.84. The van der Waals surface area contributed by atoms with Crippen LogP contribution in [0, 0.1) is 6.92 Å². The highest BCUT2D eigenvalue weighted by atomic mass is 79.9. The third-order valence-electron chi connectivity index (χ3n) is 2.90. The molecule has 1 N–H and O–H groups in total. The van der Waals surface area contributed by atoms with Crippen LogP contribution in [0.3, 0.4) is 0 Å². The van der Waals surface area contributed by atoms with Crippen molar-refractivity contribution in [2.45, 2.75) is 11.1 Å². The van der Waals surface area contributed by atoms with Crippen molar-refractivity contribution in [3.8, 4) is 10.6 Å². The summed E-state index contributed by atoms with van der Waals surface area (Å²) in [6, 6.07) is 10.4. The smallest absolute Gasteiger partial charge is 0.271 e. The van der Waals surface area contributed by atoms with Gasteiger partial charge >= 0.3 is 0 Å². The Labute approximate surface area is 140 Å². The van der Waals surface area contributed by atoms with Crippen molar-refractivity contribution in [1.82, 2.24) is 5.16 Å². The first-order valence-electron chi connectivity index (χ1n) is 6.25. The van der Waals surface area contributed by atoms with Gasteiger partial charge in [0, 0.05) is 10.5 Å². The lowest BCUT2D eigenvalue weighted by molar-refractivity contribution is 0.433. The van der Waals surface area contributed by atoms with E-state index < -0.39 is 10.0 Å². The monoisotopic (exact) mass is 398 g/mol. The molecule has 3 rings (SSSR count). The lowest BCUT2D eigenvalue weighted by Crippen LogP contribution is -2.11. The second-order valence-electron chi connectivity index (χ2n) is 4.58. The Morgan fingerprint density at radius 1 is 1.23 bits per heavy atom.